The van der Waals surface area contributed by atoms with Crippen LogP contribution >= 0.6 is 23.2 Å². The zero-order chi connectivity index (χ0) is 24.1. The zero-order valence-electron chi connectivity index (χ0n) is 19.0. The van der Waals surface area contributed by atoms with E-state index in [4.69, 9.17) is 27.9 Å². The minimum Gasteiger partial charge on any atom is -0.368 e. The van der Waals surface area contributed by atoms with Crippen molar-refractivity contribution in [2.75, 3.05) is 32.7 Å². The van der Waals surface area contributed by atoms with Crippen molar-refractivity contribution >= 4 is 33.2 Å². The predicted octanol–water partition coefficient (Wildman–Crippen LogP) is 5.57. The quantitative estimate of drug-likeness (QED) is 0.391. The third kappa shape index (κ3) is 6.39. The van der Waals surface area contributed by atoms with Gasteiger partial charge in [0.1, 0.15) is 0 Å². The zero-order valence-corrected chi connectivity index (χ0v) is 21.4. The summed E-state index contributed by atoms with van der Waals surface area (Å²) in [5, 5.41) is 1.20. The minimum absolute atomic E-state index is 0.155. The van der Waals surface area contributed by atoms with E-state index in [0.717, 1.165) is 11.1 Å². The maximum absolute atomic E-state index is 13.0. The van der Waals surface area contributed by atoms with E-state index >= 15 is 0 Å². The molecule has 0 N–H and O–H groups in total. The van der Waals surface area contributed by atoms with Crippen LogP contribution in [-0.4, -0.2) is 50.3 Å². The molecule has 1 saturated heterocycles. The predicted molar refractivity (Wildman–Crippen MR) is 137 cm³/mol. The van der Waals surface area contributed by atoms with Gasteiger partial charge < -0.3 is 4.74 Å². The number of halogens is 2. The fourth-order valence-corrected chi connectivity index (χ4v) is 5.75. The average Bonchev–Trinajstić information content (AvgIpc) is 2.83. The highest BCUT2D eigenvalue weighted by atomic mass is 35.5. The molecule has 1 fully saturated rings. The first-order chi connectivity index (χ1) is 16.3. The lowest BCUT2D eigenvalue weighted by Gasteiger charge is -2.36. The maximum atomic E-state index is 13.0. The molecule has 0 aromatic heterocycles. The highest BCUT2D eigenvalue weighted by molar-refractivity contribution is 7.89. The van der Waals surface area contributed by atoms with Crippen LogP contribution in [0.4, 0.5) is 0 Å². The van der Waals surface area contributed by atoms with Crippen molar-refractivity contribution in [3.63, 3.8) is 0 Å². The molecule has 0 saturated carbocycles. The highest BCUT2D eigenvalue weighted by Gasteiger charge is 2.29. The molecule has 0 amide bonds. The normalized spacial score (nSPS) is 16.4. The number of ether oxygens (including phenoxy) is 1. The average molecular weight is 519 g/mol. The van der Waals surface area contributed by atoms with Crippen LogP contribution in [0, 0.1) is 6.92 Å². The van der Waals surface area contributed by atoms with Gasteiger partial charge in [0, 0.05) is 42.8 Å². The summed E-state index contributed by atoms with van der Waals surface area (Å²) in [5.41, 5.74) is 3.37. The molecular weight excluding hydrogens is 491 g/mol. The lowest BCUT2D eigenvalue weighted by atomic mass is 10.1. The molecule has 5 nitrogen and oxygen atoms in total. The Labute approximate surface area is 211 Å². The first-order valence-corrected chi connectivity index (χ1v) is 13.4. The third-order valence-corrected chi connectivity index (χ3v) is 8.40. The van der Waals surface area contributed by atoms with Gasteiger partial charge in [-0.1, -0.05) is 65.2 Å². The van der Waals surface area contributed by atoms with Gasteiger partial charge in [0.05, 0.1) is 17.6 Å². The van der Waals surface area contributed by atoms with Gasteiger partial charge in [-0.3, -0.25) is 4.90 Å². The fourth-order valence-electron chi connectivity index (χ4n) is 4.07. The molecule has 1 atom stereocenters. The van der Waals surface area contributed by atoms with Crippen LogP contribution < -0.4 is 0 Å². The van der Waals surface area contributed by atoms with Gasteiger partial charge in [-0.25, -0.2) is 8.42 Å². The summed E-state index contributed by atoms with van der Waals surface area (Å²) in [4.78, 5) is 2.52. The van der Waals surface area contributed by atoms with Gasteiger partial charge in [0.25, 0.3) is 0 Å². The van der Waals surface area contributed by atoms with Crippen molar-refractivity contribution in [3.8, 4) is 0 Å². The summed E-state index contributed by atoms with van der Waals surface area (Å²) >= 11 is 12.0. The Morgan fingerprint density at radius 3 is 2.12 bits per heavy atom. The topological polar surface area (TPSA) is 49.9 Å². The van der Waals surface area contributed by atoms with E-state index in [9.17, 15) is 8.42 Å². The van der Waals surface area contributed by atoms with E-state index in [-0.39, 0.29) is 11.0 Å². The van der Waals surface area contributed by atoms with E-state index < -0.39 is 10.0 Å². The van der Waals surface area contributed by atoms with E-state index in [2.05, 4.69) is 30.0 Å². The lowest BCUT2D eigenvalue weighted by molar-refractivity contribution is 0.00771. The second kappa shape index (κ2) is 11.2. The molecule has 1 heterocycles. The molecule has 34 heavy (non-hydrogen) atoms. The molecule has 4 rings (SSSR count). The smallest absolute Gasteiger partial charge is 0.243 e. The number of nitrogens with zero attached hydrogens (tertiary/aromatic N) is 2. The van der Waals surface area contributed by atoms with Crippen LogP contribution in [0.5, 0.6) is 0 Å². The summed E-state index contributed by atoms with van der Waals surface area (Å²) in [6.45, 7) is 5.35. The molecule has 8 heteroatoms. The van der Waals surface area contributed by atoms with Crippen LogP contribution in [0.1, 0.15) is 22.8 Å². The summed E-state index contributed by atoms with van der Waals surface area (Å²) in [6, 6.07) is 22.3. The molecule has 1 aliphatic rings. The molecular formula is C26H28Cl2N2O3S. The SMILES string of the molecule is Cc1cccc(CO[C@H](CN2CCN(S(=O)(=O)c3ccc(Cl)cc3)CC2)c2ccc(Cl)cc2)c1. The fraction of sp³-hybridized carbons (Fsp3) is 0.308. The van der Waals surface area contributed by atoms with E-state index in [1.807, 2.05) is 30.3 Å². The molecule has 180 valence electrons. The monoisotopic (exact) mass is 518 g/mol. The Balaban J connectivity index is 1.41. The molecule has 3 aromatic rings. The van der Waals surface area contributed by atoms with Crippen LogP contribution in [0.3, 0.4) is 0 Å². The molecule has 0 radical (unpaired) electrons. The summed E-state index contributed by atoms with van der Waals surface area (Å²) in [6.07, 6.45) is -0.155. The van der Waals surface area contributed by atoms with Crippen molar-refractivity contribution in [2.24, 2.45) is 0 Å². The molecule has 0 aliphatic carbocycles. The number of hydrogen-bond acceptors (Lipinski definition) is 4. The standard InChI is InChI=1S/C26H28Cl2N2O3S/c1-20-3-2-4-21(17-20)19-33-26(22-5-7-23(27)8-6-22)18-29-13-15-30(16-14-29)34(31,32)25-11-9-24(28)10-12-25/h2-12,17,26H,13-16,18-19H2,1H3/t26-/m1/s1. The largest absolute Gasteiger partial charge is 0.368 e. The third-order valence-electron chi connectivity index (χ3n) is 5.98. The number of sulfonamides is 1. The van der Waals surface area contributed by atoms with Crippen molar-refractivity contribution < 1.29 is 13.2 Å². The van der Waals surface area contributed by atoms with Gasteiger partial charge in [-0.05, 0) is 54.4 Å². The Hall–Kier alpha value is -1.93. The van der Waals surface area contributed by atoms with Gasteiger partial charge in [-0.2, -0.15) is 4.31 Å². The number of aryl methyl sites for hydroxylation is 1. The van der Waals surface area contributed by atoms with Crippen molar-refractivity contribution in [3.05, 3.63) is 99.5 Å². The summed E-state index contributed by atoms with van der Waals surface area (Å²) < 4.78 is 33.9. The Morgan fingerprint density at radius 2 is 1.50 bits per heavy atom. The number of hydrogen-bond donors (Lipinski definition) is 0. The molecule has 0 bridgehead atoms. The van der Waals surface area contributed by atoms with Gasteiger partial charge in [0.15, 0.2) is 0 Å². The minimum atomic E-state index is -3.54. The van der Waals surface area contributed by atoms with E-state index in [1.165, 1.54) is 9.87 Å². The van der Waals surface area contributed by atoms with Crippen molar-refractivity contribution in [1.29, 1.82) is 0 Å². The van der Waals surface area contributed by atoms with Gasteiger partial charge >= 0.3 is 0 Å². The van der Waals surface area contributed by atoms with E-state index in [1.54, 1.807) is 24.3 Å². The molecule has 0 unspecified atom stereocenters. The number of benzene rings is 3. The molecule has 1 aliphatic heterocycles. The van der Waals surface area contributed by atoms with Crippen molar-refractivity contribution in [2.45, 2.75) is 24.5 Å². The van der Waals surface area contributed by atoms with E-state index in [0.29, 0.717) is 49.4 Å². The Kier molecular flexibility index (Phi) is 8.30. The second-order valence-electron chi connectivity index (χ2n) is 8.50. The van der Waals surface area contributed by atoms with Crippen molar-refractivity contribution in [1.82, 2.24) is 9.21 Å². The van der Waals surface area contributed by atoms with Crippen LogP contribution in [0.15, 0.2) is 77.7 Å². The number of piperazine rings is 1. The van der Waals surface area contributed by atoms with Gasteiger partial charge in [0.2, 0.25) is 10.0 Å². The first-order valence-electron chi connectivity index (χ1n) is 11.2. The van der Waals surface area contributed by atoms with Crippen LogP contribution in [0.2, 0.25) is 10.0 Å². The summed E-state index contributed by atoms with van der Waals surface area (Å²) in [5.74, 6) is 0. The maximum Gasteiger partial charge on any atom is 0.243 e. The first kappa shape index (κ1) is 25.2. The Morgan fingerprint density at radius 1 is 0.882 bits per heavy atom. The molecule has 3 aromatic carbocycles. The lowest BCUT2D eigenvalue weighted by Crippen LogP contribution is -2.49. The molecule has 0 spiro atoms. The van der Waals surface area contributed by atoms with Crippen LogP contribution in [-0.2, 0) is 21.4 Å². The van der Waals surface area contributed by atoms with Crippen LogP contribution in [0.25, 0.3) is 0 Å². The van der Waals surface area contributed by atoms with Gasteiger partial charge in [-0.15, -0.1) is 0 Å². The second-order valence-corrected chi connectivity index (χ2v) is 11.3. The summed E-state index contributed by atoms with van der Waals surface area (Å²) in [7, 11) is -3.54. The highest BCUT2D eigenvalue weighted by Crippen LogP contribution is 2.25. The number of rotatable bonds is 8. The Bertz CT molecular complexity index is 1190.